The summed E-state index contributed by atoms with van der Waals surface area (Å²) >= 11 is 1.40. The van der Waals surface area contributed by atoms with E-state index in [4.69, 9.17) is 15.2 Å². The number of carbonyl (C=O) groups excluding carboxylic acids is 1. The molecule has 0 spiro atoms. The Kier molecular flexibility index (Phi) is 5.24. The van der Waals surface area contributed by atoms with Gasteiger partial charge in [0.1, 0.15) is 13.2 Å². The van der Waals surface area contributed by atoms with Gasteiger partial charge in [0.05, 0.1) is 11.1 Å². The molecule has 3 N–H and O–H groups in total. The Hall–Kier alpha value is -2.12. The lowest BCUT2D eigenvalue weighted by Crippen LogP contribution is -2.41. The molecule has 1 aliphatic heterocycles. The SMILES string of the molecule is CCC(CC)(CN)C(=O)Nc1nc(-c2ccc3c(c2)OCCO3)cs1. The Balaban J connectivity index is 1.77. The van der Waals surface area contributed by atoms with Crippen molar-refractivity contribution < 1.29 is 14.3 Å². The third kappa shape index (κ3) is 3.48. The van der Waals surface area contributed by atoms with E-state index in [9.17, 15) is 4.79 Å². The molecule has 1 aliphatic rings. The topological polar surface area (TPSA) is 86.5 Å². The first-order chi connectivity index (χ1) is 12.1. The van der Waals surface area contributed by atoms with E-state index in [1.165, 1.54) is 11.3 Å². The number of ether oxygens (including phenoxy) is 2. The van der Waals surface area contributed by atoms with Crippen LogP contribution in [0.1, 0.15) is 26.7 Å². The van der Waals surface area contributed by atoms with Crippen molar-refractivity contribution in [1.82, 2.24) is 4.98 Å². The van der Waals surface area contributed by atoms with E-state index in [0.29, 0.717) is 37.7 Å². The molecule has 0 saturated carbocycles. The molecule has 0 aliphatic carbocycles. The highest BCUT2D eigenvalue weighted by Gasteiger charge is 2.33. The number of anilines is 1. The van der Waals surface area contributed by atoms with Gasteiger partial charge in [-0.1, -0.05) is 13.8 Å². The standard InChI is InChI=1S/C18H23N3O3S/c1-3-18(4-2,11-19)16(22)21-17-20-13(10-25-17)12-5-6-14-15(9-12)24-8-7-23-14/h5-6,9-10H,3-4,7-8,11,19H2,1-2H3,(H,20,21,22). The van der Waals surface area contributed by atoms with E-state index >= 15 is 0 Å². The molecule has 0 fully saturated rings. The fraction of sp³-hybridized carbons (Fsp3) is 0.444. The van der Waals surface area contributed by atoms with Gasteiger partial charge >= 0.3 is 0 Å². The molecular weight excluding hydrogens is 338 g/mol. The summed E-state index contributed by atoms with van der Waals surface area (Å²) in [6, 6.07) is 5.74. The van der Waals surface area contributed by atoms with Crippen molar-refractivity contribution in [2.24, 2.45) is 11.1 Å². The Bertz CT molecular complexity index is 748. The highest BCUT2D eigenvalue weighted by Crippen LogP contribution is 2.35. The van der Waals surface area contributed by atoms with Crippen LogP contribution in [0.2, 0.25) is 0 Å². The summed E-state index contributed by atoms with van der Waals surface area (Å²) in [7, 11) is 0. The summed E-state index contributed by atoms with van der Waals surface area (Å²) in [5.41, 5.74) is 7.02. The second kappa shape index (κ2) is 7.41. The molecule has 3 rings (SSSR count). The predicted molar refractivity (Wildman–Crippen MR) is 99.2 cm³/mol. The summed E-state index contributed by atoms with van der Waals surface area (Å²) < 4.78 is 11.1. The third-order valence-corrected chi connectivity index (χ3v) is 5.55. The van der Waals surface area contributed by atoms with Crippen LogP contribution in [0.5, 0.6) is 11.5 Å². The van der Waals surface area contributed by atoms with Crippen LogP contribution in [0, 0.1) is 5.41 Å². The van der Waals surface area contributed by atoms with Crippen LogP contribution >= 0.6 is 11.3 Å². The number of carbonyl (C=O) groups is 1. The van der Waals surface area contributed by atoms with Crippen molar-refractivity contribution in [3.63, 3.8) is 0 Å². The minimum atomic E-state index is -0.539. The Labute approximate surface area is 151 Å². The molecule has 134 valence electrons. The van der Waals surface area contributed by atoms with Gasteiger partial charge in [0, 0.05) is 17.5 Å². The number of rotatable bonds is 6. The van der Waals surface area contributed by atoms with Crippen LogP contribution in [0.25, 0.3) is 11.3 Å². The molecule has 0 unspecified atom stereocenters. The number of fused-ring (bicyclic) bond motifs is 1. The molecule has 6 nitrogen and oxygen atoms in total. The van der Waals surface area contributed by atoms with Gasteiger partial charge in [-0.25, -0.2) is 4.98 Å². The Morgan fingerprint density at radius 1 is 1.28 bits per heavy atom. The second-order valence-electron chi connectivity index (χ2n) is 6.04. The van der Waals surface area contributed by atoms with Crippen molar-refractivity contribution in [3.8, 4) is 22.8 Å². The Morgan fingerprint density at radius 2 is 2.00 bits per heavy atom. The number of hydrogen-bond donors (Lipinski definition) is 2. The summed E-state index contributed by atoms with van der Waals surface area (Å²) in [4.78, 5) is 17.1. The number of aromatic nitrogens is 1. The summed E-state index contributed by atoms with van der Waals surface area (Å²) in [5.74, 6) is 1.40. The quantitative estimate of drug-likeness (QED) is 0.824. The smallest absolute Gasteiger partial charge is 0.233 e. The molecule has 1 amide bonds. The zero-order valence-corrected chi connectivity index (χ0v) is 15.3. The second-order valence-corrected chi connectivity index (χ2v) is 6.90. The minimum absolute atomic E-state index is 0.0666. The Morgan fingerprint density at radius 3 is 2.68 bits per heavy atom. The van der Waals surface area contributed by atoms with Crippen molar-refractivity contribution in [1.29, 1.82) is 0 Å². The third-order valence-electron chi connectivity index (χ3n) is 4.79. The monoisotopic (exact) mass is 361 g/mol. The maximum Gasteiger partial charge on any atom is 0.233 e. The molecular formula is C18H23N3O3S. The zero-order valence-electron chi connectivity index (χ0n) is 14.5. The first-order valence-corrected chi connectivity index (χ1v) is 9.37. The van der Waals surface area contributed by atoms with Gasteiger partial charge in [0.15, 0.2) is 16.6 Å². The molecule has 0 bridgehead atoms. The van der Waals surface area contributed by atoms with Crippen LogP contribution in [0.4, 0.5) is 5.13 Å². The molecule has 2 heterocycles. The van der Waals surface area contributed by atoms with Gasteiger partial charge in [-0.3, -0.25) is 4.79 Å². The van der Waals surface area contributed by atoms with E-state index < -0.39 is 5.41 Å². The number of thiazole rings is 1. The van der Waals surface area contributed by atoms with E-state index in [2.05, 4.69) is 10.3 Å². The van der Waals surface area contributed by atoms with Gasteiger partial charge in [-0.05, 0) is 31.0 Å². The van der Waals surface area contributed by atoms with Gasteiger partial charge in [0.25, 0.3) is 0 Å². The maximum atomic E-state index is 12.6. The van der Waals surface area contributed by atoms with Crippen molar-refractivity contribution in [2.45, 2.75) is 26.7 Å². The maximum absolute atomic E-state index is 12.6. The lowest BCUT2D eigenvalue weighted by atomic mass is 9.81. The number of nitrogens with two attached hydrogens (primary N) is 1. The summed E-state index contributed by atoms with van der Waals surface area (Å²) in [6.45, 7) is 5.41. The van der Waals surface area contributed by atoms with Crippen molar-refractivity contribution in [3.05, 3.63) is 23.6 Å². The number of amides is 1. The number of nitrogens with zero attached hydrogens (tertiary/aromatic N) is 1. The molecule has 0 radical (unpaired) electrons. The van der Waals surface area contributed by atoms with Crippen LogP contribution in [0.15, 0.2) is 23.6 Å². The van der Waals surface area contributed by atoms with Gasteiger partial charge < -0.3 is 20.5 Å². The molecule has 25 heavy (non-hydrogen) atoms. The number of hydrogen-bond acceptors (Lipinski definition) is 6. The first-order valence-electron chi connectivity index (χ1n) is 8.49. The lowest BCUT2D eigenvalue weighted by Gasteiger charge is -2.27. The molecule has 2 aromatic rings. The fourth-order valence-corrected chi connectivity index (χ4v) is 3.56. The molecule has 7 heteroatoms. The zero-order chi connectivity index (χ0) is 17.9. The average Bonchev–Trinajstić information content (AvgIpc) is 3.12. The van der Waals surface area contributed by atoms with Crippen LogP contribution < -0.4 is 20.5 Å². The predicted octanol–water partition coefficient (Wildman–Crippen LogP) is 3.28. The molecule has 0 atom stereocenters. The van der Waals surface area contributed by atoms with Gasteiger partial charge in [0.2, 0.25) is 5.91 Å². The van der Waals surface area contributed by atoms with Crippen LogP contribution in [0.3, 0.4) is 0 Å². The largest absolute Gasteiger partial charge is 0.486 e. The molecule has 1 aromatic carbocycles. The number of benzene rings is 1. The van der Waals surface area contributed by atoms with Crippen LogP contribution in [-0.4, -0.2) is 30.6 Å². The van der Waals surface area contributed by atoms with E-state index in [1.807, 2.05) is 37.4 Å². The number of nitrogens with one attached hydrogen (secondary N) is 1. The van der Waals surface area contributed by atoms with Gasteiger partial charge in [-0.2, -0.15) is 0 Å². The fourth-order valence-electron chi connectivity index (χ4n) is 2.85. The van der Waals surface area contributed by atoms with Crippen LogP contribution in [-0.2, 0) is 4.79 Å². The van der Waals surface area contributed by atoms with E-state index in [-0.39, 0.29) is 5.91 Å². The minimum Gasteiger partial charge on any atom is -0.486 e. The van der Waals surface area contributed by atoms with E-state index in [1.54, 1.807) is 0 Å². The van der Waals surface area contributed by atoms with Crippen molar-refractivity contribution >= 4 is 22.4 Å². The summed E-state index contributed by atoms with van der Waals surface area (Å²) in [6.07, 6.45) is 1.40. The molecule has 0 saturated heterocycles. The summed E-state index contributed by atoms with van der Waals surface area (Å²) in [5, 5.41) is 5.42. The first kappa shape index (κ1) is 17.7. The lowest BCUT2D eigenvalue weighted by molar-refractivity contribution is -0.125. The van der Waals surface area contributed by atoms with Crippen molar-refractivity contribution in [2.75, 3.05) is 25.1 Å². The van der Waals surface area contributed by atoms with Gasteiger partial charge in [-0.15, -0.1) is 11.3 Å². The molecule has 1 aromatic heterocycles. The van der Waals surface area contributed by atoms with E-state index in [0.717, 1.165) is 22.8 Å². The normalized spacial score (nSPS) is 13.6. The average molecular weight is 361 g/mol. The highest BCUT2D eigenvalue weighted by molar-refractivity contribution is 7.14. The highest BCUT2D eigenvalue weighted by atomic mass is 32.1.